The highest BCUT2D eigenvalue weighted by molar-refractivity contribution is 6.35. The van der Waals surface area contributed by atoms with Crippen molar-refractivity contribution < 1.29 is 4.74 Å². The number of benzene rings is 2. The van der Waals surface area contributed by atoms with E-state index >= 15 is 0 Å². The molecule has 1 aliphatic heterocycles. The van der Waals surface area contributed by atoms with Crippen LogP contribution in [0.3, 0.4) is 0 Å². The molecule has 20 heavy (non-hydrogen) atoms. The lowest BCUT2D eigenvalue weighted by Crippen LogP contribution is -2.25. The lowest BCUT2D eigenvalue weighted by atomic mass is 9.84. The lowest BCUT2D eigenvalue weighted by molar-refractivity contribution is 0.255. The van der Waals surface area contributed by atoms with Crippen molar-refractivity contribution in [1.82, 2.24) is 0 Å². The number of halogens is 2. The third-order valence-electron chi connectivity index (χ3n) is 3.76. The van der Waals surface area contributed by atoms with Gasteiger partial charge in [-0.25, -0.2) is 0 Å². The van der Waals surface area contributed by atoms with Crippen LogP contribution in [-0.4, -0.2) is 6.61 Å². The summed E-state index contributed by atoms with van der Waals surface area (Å²) < 4.78 is 5.68. The van der Waals surface area contributed by atoms with Crippen molar-refractivity contribution in [2.75, 3.05) is 6.61 Å². The molecule has 2 N–H and O–H groups in total. The van der Waals surface area contributed by atoms with Crippen molar-refractivity contribution in [3.05, 3.63) is 63.6 Å². The van der Waals surface area contributed by atoms with Gasteiger partial charge >= 0.3 is 0 Å². The Kier molecular flexibility index (Phi) is 3.88. The summed E-state index contributed by atoms with van der Waals surface area (Å²) in [5.41, 5.74) is 8.53. The van der Waals surface area contributed by atoms with Crippen LogP contribution in [0.25, 0.3) is 0 Å². The Labute approximate surface area is 128 Å². The molecule has 2 nitrogen and oxygen atoms in total. The molecular formula is C16H15Cl2NO. The van der Waals surface area contributed by atoms with Gasteiger partial charge in [-0.3, -0.25) is 0 Å². The topological polar surface area (TPSA) is 35.2 Å². The summed E-state index contributed by atoms with van der Waals surface area (Å²) in [5.74, 6) is 1.13. The highest BCUT2D eigenvalue weighted by Crippen LogP contribution is 2.41. The number of nitrogens with two attached hydrogens (primary N) is 1. The van der Waals surface area contributed by atoms with E-state index in [1.165, 1.54) is 0 Å². The lowest BCUT2D eigenvalue weighted by Gasteiger charge is -2.30. The standard InChI is InChI=1S/C16H15Cl2NO/c17-10-5-6-13(14(18)9-10)16(19)12-7-8-20-15-4-2-1-3-11(12)15/h1-6,9,12,16H,7-8,19H2. The first kappa shape index (κ1) is 13.7. The molecule has 0 aromatic heterocycles. The minimum absolute atomic E-state index is 0.162. The summed E-state index contributed by atoms with van der Waals surface area (Å²) >= 11 is 12.2. The van der Waals surface area contributed by atoms with Crippen LogP contribution in [0, 0.1) is 0 Å². The van der Waals surface area contributed by atoms with Crippen molar-refractivity contribution in [2.45, 2.75) is 18.4 Å². The zero-order valence-electron chi connectivity index (χ0n) is 10.9. The summed E-state index contributed by atoms with van der Waals surface area (Å²) in [5, 5.41) is 1.24. The Bertz CT molecular complexity index is 630. The smallest absolute Gasteiger partial charge is 0.122 e. The van der Waals surface area contributed by atoms with E-state index in [0.717, 1.165) is 23.3 Å². The van der Waals surface area contributed by atoms with E-state index in [1.54, 1.807) is 6.07 Å². The van der Waals surface area contributed by atoms with Crippen LogP contribution in [0.1, 0.15) is 29.5 Å². The van der Waals surface area contributed by atoms with E-state index < -0.39 is 0 Å². The van der Waals surface area contributed by atoms with Gasteiger partial charge in [0.2, 0.25) is 0 Å². The van der Waals surface area contributed by atoms with Crippen LogP contribution in [0.5, 0.6) is 5.75 Å². The fourth-order valence-corrected chi connectivity index (χ4v) is 3.27. The molecule has 0 bridgehead atoms. The molecule has 1 aliphatic rings. The van der Waals surface area contributed by atoms with Crippen molar-refractivity contribution >= 4 is 23.2 Å². The summed E-state index contributed by atoms with van der Waals surface area (Å²) in [6.07, 6.45) is 0.886. The molecule has 0 saturated heterocycles. The van der Waals surface area contributed by atoms with Crippen molar-refractivity contribution in [3.63, 3.8) is 0 Å². The Morgan fingerprint density at radius 2 is 1.95 bits per heavy atom. The molecule has 0 saturated carbocycles. The molecule has 0 spiro atoms. The Morgan fingerprint density at radius 1 is 1.15 bits per heavy atom. The zero-order valence-corrected chi connectivity index (χ0v) is 12.4. The number of para-hydroxylation sites is 1. The van der Waals surface area contributed by atoms with Gasteiger partial charge in [-0.2, -0.15) is 0 Å². The first-order valence-electron chi connectivity index (χ1n) is 6.59. The third-order valence-corrected chi connectivity index (χ3v) is 4.32. The van der Waals surface area contributed by atoms with Gasteiger partial charge in [-0.15, -0.1) is 0 Å². The second-order valence-corrected chi connectivity index (χ2v) is 5.82. The van der Waals surface area contributed by atoms with E-state index in [0.29, 0.717) is 16.7 Å². The summed E-state index contributed by atoms with van der Waals surface area (Å²) in [7, 11) is 0. The molecule has 0 amide bonds. The Hall–Kier alpha value is -1.22. The van der Waals surface area contributed by atoms with Crippen LogP contribution < -0.4 is 10.5 Å². The Morgan fingerprint density at radius 3 is 2.75 bits per heavy atom. The van der Waals surface area contributed by atoms with Crippen LogP contribution in [0.4, 0.5) is 0 Å². The second kappa shape index (κ2) is 5.65. The SMILES string of the molecule is NC(c1ccc(Cl)cc1Cl)C1CCOc2ccccc21. The maximum Gasteiger partial charge on any atom is 0.122 e. The molecule has 2 aromatic carbocycles. The predicted octanol–water partition coefficient (Wildman–Crippen LogP) is 4.56. The molecule has 2 unspecified atom stereocenters. The van der Waals surface area contributed by atoms with Crippen LogP contribution in [0.2, 0.25) is 10.0 Å². The van der Waals surface area contributed by atoms with Gasteiger partial charge in [0.1, 0.15) is 5.75 Å². The second-order valence-electron chi connectivity index (χ2n) is 4.97. The molecule has 104 valence electrons. The minimum Gasteiger partial charge on any atom is -0.493 e. The predicted molar refractivity (Wildman–Crippen MR) is 82.7 cm³/mol. The summed E-state index contributed by atoms with van der Waals surface area (Å²) in [6.45, 7) is 0.681. The van der Waals surface area contributed by atoms with E-state index in [9.17, 15) is 0 Å². The fourth-order valence-electron chi connectivity index (χ4n) is 2.73. The molecule has 0 aliphatic carbocycles. The van der Waals surface area contributed by atoms with E-state index in [2.05, 4.69) is 6.07 Å². The zero-order chi connectivity index (χ0) is 14.1. The largest absolute Gasteiger partial charge is 0.493 e. The number of hydrogen-bond donors (Lipinski definition) is 1. The van der Waals surface area contributed by atoms with Gasteiger partial charge in [0, 0.05) is 22.0 Å². The fraction of sp³-hybridized carbons (Fsp3) is 0.250. The highest BCUT2D eigenvalue weighted by Gasteiger charge is 2.28. The first-order chi connectivity index (χ1) is 9.66. The van der Waals surface area contributed by atoms with Crippen LogP contribution in [-0.2, 0) is 0 Å². The number of fused-ring (bicyclic) bond motifs is 1. The first-order valence-corrected chi connectivity index (χ1v) is 7.34. The third kappa shape index (κ3) is 2.51. The molecule has 4 heteroatoms. The van der Waals surface area contributed by atoms with Gasteiger partial charge in [-0.1, -0.05) is 47.5 Å². The average molecular weight is 308 g/mol. The maximum atomic E-state index is 6.45. The van der Waals surface area contributed by atoms with Gasteiger partial charge in [0.05, 0.1) is 6.61 Å². The quantitative estimate of drug-likeness (QED) is 0.882. The Balaban J connectivity index is 1.97. The number of hydrogen-bond acceptors (Lipinski definition) is 2. The van der Waals surface area contributed by atoms with E-state index in [-0.39, 0.29) is 12.0 Å². The number of rotatable bonds is 2. The molecule has 0 radical (unpaired) electrons. The van der Waals surface area contributed by atoms with Gasteiger partial charge in [0.25, 0.3) is 0 Å². The number of ether oxygens (including phenoxy) is 1. The minimum atomic E-state index is -0.162. The molecular weight excluding hydrogens is 293 g/mol. The van der Waals surface area contributed by atoms with Crippen LogP contribution >= 0.6 is 23.2 Å². The molecule has 1 heterocycles. The monoisotopic (exact) mass is 307 g/mol. The van der Waals surface area contributed by atoms with Gasteiger partial charge < -0.3 is 10.5 Å². The van der Waals surface area contributed by atoms with E-state index in [1.807, 2.05) is 30.3 Å². The summed E-state index contributed by atoms with van der Waals surface area (Å²) in [4.78, 5) is 0. The van der Waals surface area contributed by atoms with Crippen LogP contribution in [0.15, 0.2) is 42.5 Å². The van der Waals surface area contributed by atoms with Crippen molar-refractivity contribution in [3.8, 4) is 5.75 Å². The average Bonchev–Trinajstić information content (AvgIpc) is 2.46. The normalized spacial score (nSPS) is 19.1. The maximum absolute atomic E-state index is 6.45. The van der Waals surface area contributed by atoms with Crippen molar-refractivity contribution in [2.24, 2.45) is 5.73 Å². The van der Waals surface area contributed by atoms with Gasteiger partial charge in [0.15, 0.2) is 0 Å². The molecule has 0 fully saturated rings. The van der Waals surface area contributed by atoms with Crippen molar-refractivity contribution in [1.29, 1.82) is 0 Å². The summed E-state index contributed by atoms with van der Waals surface area (Å²) in [6, 6.07) is 13.4. The molecule has 3 rings (SSSR count). The molecule has 2 aromatic rings. The van der Waals surface area contributed by atoms with Gasteiger partial charge in [-0.05, 0) is 35.7 Å². The molecule has 2 atom stereocenters. The van der Waals surface area contributed by atoms with E-state index in [4.69, 9.17) is 33.7 Å². The highest BCUT2D eigenvalue weighted by atomic mass is 35.5.